The van der Waals surface area contributed by atoms with Crippen molar-refractivity contribution >= 4 is 18.0 Å². The van der Waals surface area contributed by atoms with E-state index in [1.54, 1.807) is 6.92 Å². The molecule has 0 heterocycles. The zero-order valence-corrected chi connectivity index (χ0v) is 19.4. The van der Waals surface area contributed by atoms with E-state index in [1.807, 2.05) is 24.3 Å². The molecule has 178 valence electrons. The van der Waals surface area contributed by atoms with Gasteiger partial charge in [-0.15, -0.1) is 0 Å². The minimum atomic E-state index is -1.03. The Balaban J connectivity index is 1.24. The summed E-state index contributed by atoms with van der Waals surface area (Å²) in [6.45, 7) is 2.18. The van der Waals surface area contributed by atoms with E-state index in [4.69, 9.17) is 4.74 Å². The lowest BCUT2D eigenvalue weighted by Gasteiger charge is -2.35. The number of amides is 2. The third kappa shape index (κ3) is 3.54. The lowest BCUT2D eigenvalue weighted by Crippen LogP contribution is -2.48. The zero-order chi connectivity index (χ0) is 23.9. The first-order valence-electron chi connectivity index (χ1n) is 12.0. The quantitative estimate of drug-likeness (QED) is 0.618. The van der Waals surface area contributed by atoms with E-state index in [-0.39, 0.29) is 36.9 Å². The van der Waals surface area contributed by atoms with Gasteiger partial charge in [-0.05, 0) is 53.9 Å². The van der Waals surface area contributed by atoms with Crippen molar-refractivity contribution < 1.29 is 24.2 Å². The maximum Gasteiger partial charge on any atom is 0.407 e. The van der Waals surface area contributed by atoms with Crippen molar-refractivity contribution in [3.05, 3.63) is 59.7 Å². The van der Waals surface area contributed by atoms with Crippen molar-refractivity contribution in [2.75, 3.05) is 26.2 Å². The molecule has 2 fully saturated rings. The molecule has 7 nitrogen and oxygen atoms in total. The zero-order valence-electron chi connectivity index (χ0n) is 19.4. The van der Waals surface area contributed by atoms with Gasteiger partial charge in [-0.2, -0.15) is 0 Å². The lowest BCUT2D eigenvalue weighted by molar-refractivity contribution is -0.148. The van der Waals surface area contributed by atoms with Crippen molar-refractivity contribution in [2.24, 2.45) is 10.8 Å². The first-order chi connectivity index (χ1) is 16.4. The van der Waals surface area contributed by atoms with Crippen LogP contribution in [0.3, 0.4) is 0 Å². The number of likely N-dealkylation sites (N-methyl/N-ethyl adjacent to an activating group) is 1. The summed E-state index contributed by atoms with van der Waals surface area (Å²) in [4.78, 5) is 38.6. The van der Waals surface area contributed by atoms with Crippen LogP contribution in [0, 0.1) is 10.8 Å². The van der Waals surface area contributed by atoms with E-state index < -0.39 is 17.5 Å². The normalized spacial score (nSPS) is 21.2. The number of carboxylic acid groups (broad SMARTS) is 1. The topological polar surface area (TPSA) is 95.9 Å². The molecule has 0 saturated heterocycles. The lowest BCUT2D eigenvalue weighted by atomic mass is 9.74. The Morgan fingerprint density at radius 1 is 1.06 bits per heavy atom. The van der Waals surface area contributed by atoms with E-state index in [1.165, 1.54) is 16.0 Å². The van der Waals surface area contributed by atoms with E-state index >= 15 is 0 Å². The molecule has 2 aromatic carbocycles. The Hall–Kier alpha value is -3.35. The summed E-state index contributed by atoms with van der Waals surface area (Å²) in [5.41, 5.74) is 3.80. The second kappa shape index (κ2) is 8.46. The average molecular weight is 463 g/mol. The highest BCUT2D eigenvalue weighted by atomic mass is 16.5. The monoisotopic (exact) mass is 462 g/mol. The van der Waals surface area contributed by atoms with E-state index in [9.17, 15) is 19.5 Å². The number of ether oxygens (including phenoxy) is 1. The van der Waals surface area contributed by atoms with E-state index in [0.29, 0.717) is 13.0 Å². The minimum Gasteiger partial charge on any atom is -0.480 e. The number of carbonyl (C=O) groups excluding carboxylic acids is 2. The number of alkyl carbamates (subject to hydrolysis) is 1. The van der Waals surface area contributed by atoms with Crippen LogP contribution in [0.4, 0.5) is 4.79 Å². The van der Waals surface area contributed by atoms with Gasteiger partial charge in [0.15, 0.2) is 0 Å². The fourth-order valence-corrected chi connectivity index (χ4v) is 6.09. The van der Waals surface area contributed by atoms with Crippen molar-refractivity contribution in [3.63, 3.8) is 0 Å². The molecule has 2 N–H and O–H groups in total. The largest absolute Gasteiger partial charge is 0.480 e. The van der Waals surface area contributed by atoms with Crippen LogP contribution in [-0.2, 0) is 14.3 Å². The van der Waals surface area contributed by atoms with Gasteiger partial charge in [0.25, 0.3) is 0 Å². The fourth-order valence-electron chi connectivity index (χ4n) is 6.09. The molecule has 1 unspecified atom stereocenters. The van der Waals surface area contributed by atoms with Gasteiger partial charge in [0, 0.05) is 19.0 Å². The molecule has 1 atom stereocenters. The first kappa shape index (κ1) is 22.4. The summed E-state index contributed by atoms with van der Waals surface area (Å²) in [5.74, 6) is -1.23. The van der Waals surface area contributed by atoms with Gasteiger partial charge in [0.1, 0.15) is 13.2 Å². The number of benzene rings is 2. The number of aliphatic carboxylic acids is 1. The Morgan fingerprint density at radius 3 is 2.18 bits per heavy atom. The second-order valence-electron chi connectivity index (χ2n) is 9.78. The average Bonchev–Trinajstić information content (AvgIpc) is 3.43. The van der Waals surface area contributed by atoms with Gasteiger partial charge in [-0.1, -0.05) is 55.0 Å². The number of rotatable bonds is 8. The SMILES string of the molecule is CCN(CC(=O)O)C(=O)C1(CNC(=O)OCC2c3ccccc3-c3ccccc32)CC12CCC2. The van der Waals surface area contributed by atoms with Gasteiger partial charge in [-0.25, -0.2) is 4.79 Å². The Labute approximate surface area is 199 Å². The van der Waals surface area contributed by atoms with Crippen molar-refractivity contribution in [3.8, 4) is 11.1 Å². The summed E-state index contributed by atoms with van der Waals surface area (Å²) in [7, 11) is 0. The Kier molecular flexibility index (Phi) is 5.58. The van der Waals surface area contributed by atoms with Crippen LogP contribution in [-0.4, -0.2) is 54.2 Å². The number of carboxylic acids is 1. The number of carbonyl (C=O) groups is 3. The maximum absolute atomic E-state index is 13.3. The highest BCUT2D eigenvalue weighted by Gasteiger charge is 2.74. The molecule has 34 heavy (non-hydrogen) atoms. The van der Waals surface area contributed by atoms with Gasteiger partial charge < -0.3 is 20.1 Å². The molecule has 3 aliphatic rings. The molecule has 1 spiro atoms. The molecule has 2 amide bonds. The first-order valence-corrected chi connectivity index (χ1v) is 12.0. The van der Waals surface area contributed by atoms with Crippen LogP contribution in [0.25, 0.3) is 11.1 Å². The van der Waals surface area contributed by atoms with Crippen molar-refractivity contribution in [2.45, 2.75) is 38.5 Å². The molecule has 5 rings (SSSR count). The summed E-state index contributed by atoms with van der Waals surface area (Å²) >= 11 is 0. The number of hydrogen-bond acceptors (Lipinski definition) is 4. The molecule has 7 heteroatoms. The summed E-state index contributed by atoms with van der Waals surface area (Å²) in [5, 5.41) is 12.0. The summed E-state index contributed by atoms with van der Waals surface area (Å²) in [6.07, 6.45) is 3.09. The third-order valence-electron chi connectivity index (χ3n) is 8.12. The molecule has 3 aliphatic carbocycles. The van der Waals surface area contributed by atoms with Crippen LogP contribution >= 0.6 is 0 Å². The Morgan fingerprint density at radius 2 is 1.68 bits per heavy atom. The van der Waals surface area contributed by atoms with Crippen LogP contribution < -0.4 is 5.32 Å². The van der Waals surface area contributed by atoms with E-state index in [2.05, 4.69) is 29.6 Å². The Bertz CT molecular complexity index is 1100. The van der Waals surface area contributed by atoms with Gasteiger partial charge >= 0.3 is 12.1 Å². The molecular weight excluding hydrogens is 432 g/mol. The molecule has 0 aromatic heterocycles. The van der Waals surface area contributed by atoms with Gasteiger partial charge in [-0.3, -0.25) is 9.59 Å². The molecule has 0 bridgehead atoms. The highest BCUT2D eigenvalue weighted by molar-refractivity contribution is 5.90. The van der Waals surface area contributed by atoms with Crippen LogP contribution in [0.5, 0.6) is 0 Å². The number of nitrogens with zero attached hydrogens (tertiary/aromatic N) is 1. The standard InChI is InChI=1S/C27H30N2O5/c1-2-29(14-23(30)31)24(32)27(16-26(27)12-7-13-26)17-28-25(33)34-15-22-20-10-5-3-8-18(20)19-9-4-6-11-21(19)22/h3-6,8-11,22H,2,7,12-17H2,1H3,(H,28,33)(H,30,31). The molecule has 0 radical (unpaired) electrons. The predicted molar refractivity (Wildman–Crippen MR) is 126 cm³/mol. The smallest absolute Gasteiger partial charge is 0.407 e. The summed E-state index contributed by atoms with van der Waals surface area (Å²) in [6, 6.07) is 16.3. The second-order valence-corrected chi connectivity index (χ2v) is 9.78. The molecule has 2 aromatic rings. The van der Waals surface area contributed by atoms with Crippen molar-refractivity contribution in [1.29, 1.82) is 0 Å². The van der Waals surface area contributed by atoms with Gasteiger partial charge in [0.2, 0.25) is 5.91 Å². The molecule has 0 aliphatic heterocycles. The highest BCUT2D eigenvalue weighted by Crippen LogP contribution is 2.74. The third-order valence-corrected chi connectivity index (χ3v) is 8.12. The number of fused-ring (bicyclic) bond motifs is 3. The van der Waals surface area contributed by atoms with Crippen LogP contribution in [0.1, 0.15) is 49.7 Å². The maximum atomic E-state index is 13.3. The predicted octanol–water partition coefficient (Wildman–Crippen LogP) is 4.02. The summed E-state index contributed by atoms with van der Waals surface area (Å²) < 4.78 is 5.64. The van der Waals surface area contributed by atoms with Crippen LogP contribution in [0.2, 0.25) is 0 Å². The number of hydrogen-bond donors (Lipinski definition) is 2. The van der Waals surface area contributed by atoms with Crippen LogP contribution in [0.15, 0.2) is 48.5 Å². The van der Waals surface area contributed by atoms with Crippen molar-refractivity contribution in [1.82, 2.24) is 10.2 Å². The number of nitrogens with one attached hydrogen (secondary N) is 1. The fraction of sp³-hybridized carbons (Fsp3) is 0.444. The van der Waals surface area contributed by atoms with E-state index in [0.717, 1.165) is 30.4 Å². The molecule has 2 saturated carbocycles. The minimum absolute atomic E-state index is 0.0289. The van der Waals surface area contributed by atoms with Gasteiger partial charge in [0.05, 0.1) is 5.41 Å². The molecular formula is C27H30N2O5.